The van der Waals surface area contributed by atoms with Gasteiger partial charge in [0.1, 0.15) is 0 Å². The van der Waals surface area contributed by atoms with Gasteiger partial charge in [0.15, 0.2) is 11.6 Å². The lowest BCUT2D eigenvalue weighted by Gasteiger charge is -2.11. The van der Waals surface area contributed by atoms with Gasteiger partial charge in [-0.1, -0.05) is 122 Å². The molecule has 0 saturated carbocycles. The van der Waals surface area contributed by atoms with Gasteiger partial charge in [-0.15, -0.1) is 11.3 Å². The number of thiophene rings is 1. The third-order valence-electron chi connectivity index (χ3n) is 8.18. The van der Waals surface area contributed by atoms with Crippen LogP contribution in [0.4, 0.5) is 0 Å². The zero-order chi connectivity index (χ0) is 30.3. The molecule has 0 radical (unpaired) electrons. The molecule has 3 heterocycles. The first kappa shape index (κ1) is 26.9. The Morgan fingerprint density at radius 3 is 1.96 bits per heavy atom. The van der Waals surface area contributed by atoms with E-state index in [1.807, 2.05) is 78.1 Å². The van der Waals surface area contributed by atoms with Crippen LogP contribution in [0.15, 0.2) is 134 Å². The molecule has 5 heteroatoms. The minimum Gasteiger partial charge on any atom is -0.278 e. The minimum absolute atomic E-state index is 0.591. The van der Waals surface area contributed by atoms with E-state index in [0.717, 1.165) is 32.9 Å². The molecule has 0 fully saturated rings. The van der Waals surface area contributed by atoms with Crippen LogP contribution in [-0.2, 0) is 0 Å². The predicted molar refractivity (Wildman–Crippen MR) is 191 cm³/mol. The molecule has 0 unspecified atom stereocenters. The third-order valence-corrected chi connectivity index (χ3v) is 9.40. The number of hydrogen-bond acceptors (Lipinski definition) is 4. The van der Waals surface area contributed by atoms with Gasteiger partial charge in [-0.3, -0.25) is 4.57 Å². The van der Waals surface area contributed by atoms with Gasteiger partial charge in [-0.05, 0) is 47.9 Å². The molecule has 0 bridgehead atoms. The van der Waals surface area contributed by atoms with Crippen LogP contribution in [0.25, 0.3) is 83.9 Å². The van der Waals surface area contributed by atoms with Crippen molar-refractivity contribution >= 4 is 55.4 Å². The van der Waals surface area contributed by atoms with E-state index in [2.05, 4.69) is 90.9 Å². The maximum absolute atomic E-state index is 5.06. The third kappa shape index (κ3) is 4.57. The maximum atomic E-state index is 5.06. The number of nitrogens with zero attached hydrogens (tertiary/aromatic N) is 4. The van der Waals surface area contributed by atoms with Gasteiger partial charge in [0.2, 0.25) is 5.95 Å². The summed E-state index contributed by atoms with van der Waals surface area (Å²) in [6.45, 7) is 6.17. The predicted octanol–water partition coefficient (Wildman–Crippen LogP) is 10.9. The molecule has 214 valence electrons. The van der Waals surface area contributed by atoms with Crippen molar-refractivity contribution in [2.24, 2.45) is 0 Å². The van der Waals surface area contributed by atoms with E-state index in [0.29, 0.717) is 17.6 Å². The van der Waals surface area contributed by atoms with Gasteiger partial charge in [-0.2, -0.15) is 9.97 Å². The van der Waals surface area contributed by atoms with E-state index in [1.54, 1.807) is 0 Å². The molecule has 4 nitrogen and oxygen atoms in total. The first-order valence-electron chi connectivity index (χ1n) is 14.9. The molecule has 0 spiro atoms. The Hall–Kier alpha value is -5.65. The van der Waals surface area contributed by atoms with Crippen LogP contribution >= 0.6 is 11.3 Å². The van der Waals surface area contributed by atoms with Crippen LogP contribution in [0, 0.1) is 0 Å². The number of allylic oxidation sites excluding steroid dienone is 1. The molecule has 0 amide bonds. The molecular formula is C40H28N4S. The van der Waals surface area contributed by atoms with Crippen LogP contribution in [0.5, 0.6) is 0 Å². The van der Waals surface area contributed by atoms with E-state index >= 15 is 0 Å². The SMILES string of the molecule is C=Cc1c(/C=C\C)sc2c(-c3ccc4c(c3)c3ccccc3n4-c3nc(-c4ccccc4)nc(-c4ccccc4)n3)cccc12. The summed E-state index contributed by atoms with van der Waals surface area (Å²) < 4.78 is 3.43. The molecule has 0 atom stereocenters. The minimum atomic E-state index is 0.591. The Bertz CT molecular complexity index is 2340. The first-order chi connectivity index (χ1) is 22.2. The fourth-order valence-electron chi connectivity index (χ4n) is 6.12. The molecule has 0 aliphatic heterocycles. The highest BCUT2D eigenvalue weighted by Gasteiger charge is 2.19. The number of aromatic nitrogens is 4. The van der Waals surface area contributed by atoms with Crippen molar-refractivity contribution < 1.29 is 0 Å². The van der Waals surface area contributed by atoms with E-state index in [1.165, 1.54) is 31.7 Å². The van der Waals surface area contributed by atoms with Crippen LogP contribution in [-0.4, -0.2) is 19.5 Å². The highest BCUT2D eigenvalue weighted by Crippen LogP contribution is 2.41. The Morgan fingerprint density at radius 2 is 1.27 bits per heavy atom. The van der Waals surface area contributed by atoms with Crippen molar-refractivity contribution in [3.8, 4) is 39.9 Å². The summed E-state index contributed by atoms with van der Waals surface area (Å²) in [5.41, 5.74) is 7.56. The molecule has 0 aliphatic carbocycles. The quantitative estimate of drug-likeness (QED) is 0.192. The van der Waals surface area contributed by atoms with Gasteiger partial charge in [0.05, 0.1) is 11.0 Å². The van der Waals surface area contributed by atoms with Crippen molar-refractivity contribution in [2.45, 2.75) is 6.92 Å². The summed E-state index contributed by atoms with van der Waals surface area (Å²) in [6, 6.07) is 42.0. The average molecular weight is 597 g/mol. The fourth-order valence-corrected chi connectivity index (χ4v) is 7.43. The molecule has 5 aromatic carbocycles. The molecular weight excluding hydrogens is 569 g/mol. The second-order valence-electron chi connectivity index (χ2n) is 10.9. The zero-order valence-corrected chi connectivity index (χ0v) is 25.5. The summed E-state index contributed by atoms with van der Waals surface area (Å²) in [5.74, 6) is 1.87. The molecule has 8 rings (SSSR count). The molecule has 0 aliphatic rings. The first-order valence-corrected chi connectivity index (χ1v) is 15.8. The van der Waals surface area contributed by atoms with Crippen molar-refractivity contribution in [3.05, 3.63) is 144 Å². The van der Waals surface area contributed by atoms with E-state index < -0.39 is 0 Å². The molecule has 8 aromatic rings. The smallest absolute Gasteiger partial charge is 0.238 e. The lowest BCUT2D eigenvalue weighted by molar-refractivity contribution is 0.953. The van der Waals surface area contributed by atoms with Gasteiger partial charge in [0.25, 0.3) is 0 Å². The van der Waals surface area contributed by atoms with Gasteiger partial charge >= 0.3 is 0 Å². The standard InChI is InChI=1S/C40H28N4S/c1-3-14-36-29(4-2)32-21-13-20-30(37(32)45-36)28-23-24-35-33(25-28)31-19-11-12-22-34(31)44(35)40-42-38(26-15-7-5-8-16-26)41-39(43-40)27-17-9-6-10-18-27/h3-25H,2H2,1H3/b14-3-. The highest BCUT2D eigenvalue weighted by atomic mass is 32.1. The number of rotatable bonds is 6. The number of fused-ring (bicyclic) bond motifs is 4. The number of para-hydroxylation sites is 1. The molecule has 0 N–H and O–H groups in total. The summed E-state index contributed by atoms with van der Waals surface area (Å²) >= 11 is 1.81. The molecule has 45 heavy (non-hydrogen) atoms. The summed E-state index contributed by atoms with van der Waals surface area (Å²) in [5, 5.41) is 3.53. The van der Waals surface area contributed by atoms with Crippen LogP contribution in [0.1, 0.15) is 17.4 Å². The Kier molecular flexibility index (Phi) is 6.66. The Balaban J connectivity index is 1.37. The van der Waals surface area contributed by atoms with Crippen LogP contribution < -0.4 is 0 Å². The zero-order valence-electron chi connectivity index (χ0n) is 24.7. The molecule has 3 aromatic heterocycles. The largest absolute Gasteiger partial charge is 0.278 e. The fraction of sp³-hybridized carbons (Fsp3) is 0.0250. The second kappa shape index (κ2) is 11.1. The number of benzene rings is 5. The summed E-state index contributed by atoms with van der Waals surface area (Å²) in [6.07, 6.45) is 6.23. The maximum Gasteiger partial charge on any atom is 0.238 e. The lowest BCUT2D eigenvalue weighted by Crippen LogP contribution is -2.06. The topological polar surface area (TPSA) is 43.6 Å². The van der Waals surface area contributed by atoms with Crippen molar-refractivity contribution in [2.75, 3.05) is 0 Å². The van der Waals surface area contributed by atoms with E-state index in [4.69, 9.17) is 15.0 Å². The number of hydrogen-bond donors (Lipinski definition) is 0. The Morgan fingerprint density at radius 1 is 0.622 bits per heavy atom. The van der Waals surface area contributed by atoms with Gasteiger partial charge < -0.3 is 0 Å². The Labute approximate surface area is 265 Å². The van der Waals surface area contributed by atoms with E-state index in [9.17, 15) is 0 Å². The van der Waals surface area contributed by atoms with Crippen LogP contribution in [0.3, 0.4) is 0 Å². The second-order valence-corrected chi connectivity index (χ2v) is 11.9. The highest BCUT2D eigenvalue weighted by molar-refractivity contribution is 7.20. The van der Waals surface area contributed by atoms with Crippen LogP contribution in [0.2, 0.25) is 0 Å². The van der Waals surface area contributed by atoms with Crippen molar-refractivity contribution in [1.29, 1.82) is 0 Å². The van der Waals surface area contributed by atoms with Gasteiger partial charge in [0, 0.05) is 36.9 Å². The monoisotopic (exact) mass is 596 g/mol. The van der Waals surface area contributed by atoms with Crippen molar-refractivity contribution in [1.82, 2.24) is 19.5 Å². The lowest BCUT2D eigenvalue weighted by atomic mass is 10.00. The van der Waals surface area contributed by atoms with Crippen molar-refractivity contribution in [3.63, 3.8) is 0 Å². The summed E-state index contributed by atoms with van der Waals surface area (Å²) in [4.78, 5) is 16.3. The average Bonchev–Trinajstić information content (AvgIpc) is 3.63. The molecule has 0 saturated heterocycles. The van der Waals surface area contributed by atoms with E-state index in [-0.39, 0.29) is 0 Å². The summed E-state index contributed by atoms with van der Waals surface area (Å²) in [7, 11) is 0. The van der Waals surface area contributed by atoms with Gasteiger partial charge in [-0.25, -0.2) is 4.98 Å². The normalized spacial score (nSPS) is 11.7.